The summed E-state index contributed by atoms with van der Waals surface area (Å²) >= 11 is 9.30. The first-order valence-corrected chi connectivity index (χ1v) is 12.3. The Morgan fingerprint density at radius 1 is 1.33 bits per heavy atom. The number of thiazole rings is 1. The molecule has 0 amide bonds. The SMILES string of the molecule is COc1ccc(-c2c(Cl)c(Cn3c(O)csc3=O)nc3sc4c(c23)CCC(C(=O)O)C4)cc1. The summed E-state index contributed by atoms with van der Waals surface area (Å²) in [6.45, 7) is 0.0341. The van der Waals surface area contributed by atoms with Gasteiger partial charge in [-0.1, -0.05) is 35.1 Å². The molecule has 4 aromatic rings. The number of nitrogens with zero attached hydrogens (tertiary/aromatic N) is 2. The highest BCUT2D eigenvalue weighted by atomic mass is 35.5. The number of thiophene rings is 1. The lowest BCUT2D eigenvalue weighted by Crippen LogP contribution is -2.21. The molecule has 0 radical (unpaired) electrons. The molecule has 2 N–H and O–H groups in total. The van der Waals surface area contributed by atoms with E-state index >= 15 is 0 Å². The van der Waals surface area contributed by atoms with E-state index in [1.807, 2.05) is 24.3 Å². The van der Waals surface area contributed by atoms with Crippen molar-refractivity contribution in [1.82, 2.24) is 9.55 Å². The van der Waals surface area contributed by atoms with Gasteiger partial charge < -0.3 is 14.9 Å². The predicted molar refractivity (Wildman–Crippen MR) is 129 cm³/mol. The lowest BCUT2D eigenvalue weighted by atomic mass is 9.86. The number of pyridine rings is 1. The van der Waals surface area contributed by atoms with E-state index in [9.17, 15) is 19.8 Å². The molecule has 3 heterocycles. The zero-order valence-corrected chi connectivity index (χ0v) is 19.9. The largest absolute Gasteiger partial charge is 0.497 e. The number of aromatic hydroxyl groups is 1. The van der Waals surface area contributed by atoms with Crippen LogP contribution in [0.2, 0.25) is 5.02 Å². The van der Waals surface area contributed by atoms with Crippen LogP contribution >= 0.6 is 34.3 Å². The number of ether oxygens (including phenoxy) is 1. The molecule has 0 bridgehead atoms. The average Bonchev–Trinajstić information content (AvgIpc) is 3.33. The van der Waals surface area contributed by atoms with Crippen molar-refractivity contribution in [3.05, 3.63) is 60.5 Å². The Kier molecular flexibility index (Phi) is 5.64. The predicted octanol–water partition coefficient (Wildman–Crippen LogP) is 4.79. The maximum atomic E-state index is 12.2. The number of benzene rings is 1. The zero-order chi connectivity index (χ0) is 23.3. The number of hydrogen-bond acceptors (Lipinski definition) is 7. The second-order valence-corrected chi connectivity index (χ2v) is 10.2. The monoisotopic (exact) mass is 502 g/mol. The number of rotatable bonds is 5. The van der Waals surface area contributed by atoms with E-state index < -0.39 is 11.9 Å². The van der Waals surface area contributed by atoms with Crippen LogP contribution in [-0.4, -0.2) is 32.8 Å². The third kappa shape index (κ3) is 3.80. The minimum absolute atomic E-state index is 0.0341. The lowest BCUT2D eigenvalue weighted by Gasteiger charge is -2.19. The summed E-state index contributed by atoms with van der Waals surface area (Å²) in [5, 5.41) is 22.3. The maximum Gasteiger partial charge on any atom is 0.310 e. The third-order valence-electron chi connectivity index (χ3n) is 6.00. The Bertz CT molecular complexity index is 1440. The summed E-state index contributed by atoms with van der Waals surface area (Å²) in [4.78, 5) is 30.0. The van der Waals surface area contributed by atoms with Crippen molar-refractivity contribution >= 4 is 50.5 Å². The van der Waals surface area contributed by atoms with Crippen LogP contribution in [-0.2, 0) is 24.2 Å². The van der Waals surface area contributed by atoms with Crippen molar-refractivity contribution in [2.75, 3.05) is 7.11 Å². The molecule has 1 aromatic carbocycles. The maximum absolute atomic E-state index is 12.2. The topological polar surface area (TPSA) is 102 Å². The van der Waals surface area contributed by atoms with Gasteiger partial charge in [-0.25, -0.2) is 4.98 Å². The van der Waals surface area contributed by atoms with Gasteiger partial charge in [0.2, 0.25) is 5.88 Å². The molecular weight excluding hydrogens is 484 g/mol. The first-order chi connectivity index (χ1) is 15.9. The average molecular weight is 503 g/mol. The molecule has 5 rings (SSSR count). The molecule has 1 aliphatic carbocycles. The van der Waals surface area contributed by atoms with Gasteiger partial charge in [0.05, 0.1) is 35.7 Å². The van der Waals surface area contributed by atoms with Gasteiger partial charge in [-0.2, -0.15) is 0 Å². The zero-order valence-electron chi connectivity index (χ0n) is 17.5. The highest BCUT2D eigenvalue weighted by molar-refractivity contribution is 7.19. The Labute approximate surface area is 201 Å². The second-order valence-electron chi connectivity index (χ2n) is 7.88. The van der Waals surface area contributed by atoms with E-state index in [1.165, 1.54) is 21.3 Å². The smallest absolute Gasteiger partial charge is 0.310 e. The molecule has 0 saturated carbocycles. The molecule has 1 aliphatic rings. The number of aliphatic carboxylic acids is 1. The molecular formula is C23H19ClN2O5S2. The third-order valence-corrected chi connectivity index (χ3v) is 8.31. The minimum Gasteiger partial charge on any atom is -0.497 e. The summed E-state index contributed by atoms with van der Waals surface area (Å²) < 4.78 is 6.52. The fourth-order valence-electron chi connectivity index (χ4n) is 4.30. The number of aromatic nitrogens is 2. The fourth-order valence-corrected chi connectivity index (χ4v) is 6.55. The second kappa shape index (κ2) is 8.48. The van der Waals surface area contributed by atoms with Gasteiger partial charge in [0.15, 0.2) is 0 Å². The van der Waals surface area contributed by atoms with Gasteiger partial charge in [-0.05, 0) is 42.5 Å². The van der Waals surface area contributed by atoms with Crippen LogP contribution in [0.3, 0.4) is 0 Å². The van der Waals surface area contributed by atoms with Gasteiger partial charge in [0.25, 0.3) is 0 Å². The quantitative estimate of drug-likeness (QED) is 0.407. The first kappa shape index (κ1) is 21.9. The van der Waals surface area contributed by atoms with Crippen molar-refractivity contribution < 1.29 is 19.7 Å². The Morgan fingerprint density at radius 3 is 2.73 bits per heavy atom. The number of methoxy groups -OCH3 is 1. The van der Waals surface area contributed by atoms with Crippen LogP contribution < -0.4 is 9.61 Å². The van der Waals surface area contributed by atoms with Gasteiger partial charge in [-0.15, -0.1) is 11.3 Å². The van der Waals surface area contributed by atoms with Gasteiger partial charge in [0, 0.05) is 15.8 Å². The Balaban J connectivity index is 1.74. The normalized spacial score (nSPS) is 15.5. The fraction of sp³-hybridized carbons (Fsp3) is 0.261. The van der Waals surface area contributed by atoms with Crippen LogP contribution in [0.4, 0.5) is 0 Å². The molecule has 7 nitrogen and oxygen atoms in total. The van der Waals surface area contributed by atoms with E-state index in [4.69, 9.17) is 21.3 Å². The van der Waals surface area contributed by atoms with Crippen LogP contribution in [0.15, 0.2) is 34.4 Å². The summed E-state index contributed by atoms with van der Waals surface area (Å²) in [6.07, 6.45) is 1.66. The molecule has 0 aliphatic heterocycles. The number of carbonyl (C=O) groups is 1. The number of carboxylic acids is 1. The molecule has 10 heteroatoms. The van der Waals surface area contributed by atoms with Gasteiger partial charge >= 0.3 is 10.8 Å². The number of fused-ring (bicyclic) bond motifs is 3. The molecule has 170 valence electrons. The van der Waals surface area contributed by atoms with Crippen LogP contribution in [0, 0.1) is 5.92 Å². The summed E-state index contributed by atoms with van der Waals surface area (Å²) in [5.41, 5.74) is 3.24. The van der Waals surface area contributed by atoms with E-state index in [0.29, 0.717) is 35.7 Å². The van der Waals surface area contributed by atoms with Gasteiger partial charge in [0.1, 0.15) is 10.6 Å². The molecule has 1 atom stereocenters. The number of hydrogen-bond donors (Lipinski definition) is 2. The van der Waals surface area contributed by atoms with E-state index in [-0.39, 0.29) is 17.3 Å². The van der Waals surface area contributed by atoms with Crippen LogP contribution in [0.1, 0.15) is 22.6 Å². The molecule has 1 unspecified atom stereocenters. The van der Waals surface area contributed by atoms with Crippen molar-refractivity contribution in [2.45, 2.75) is 25.8 Å². The lowest BCUT2D eigenvalue weighted by molar-refractivity contribution is -0.142. The van der Waals surface area contributed by atoms with Crippen molar-refractivity contribution in [3.8, 4) is 22.8 Å². The van der Waals surface area contributed by atoms with E-state index in [2.05, 4.69) is 0 Å². The van der Waals surface area contributed by atoms with Crippen molar-refractivity contribution in [2.24, 2.45) is 5.92 Å². The Morgan fingerprint density at radius 2 is 2.09 bits per heavy atom. The summed E-state index contributed by atoms with van der Waals surface area (Å²) in [5.74, 6) is -0.616. The highest BCUT2D eigenvalue weighted by Crippen LogP contribution is 2.46. The summed E-state index contributed by atoms with van der Waals surface area (Å²) in [6, 6.07) is 7.55. The standard InChI is InChI=1S/C23H19ClN2O5S2/c1-31-13-5-2-11(3-6-13)18-19-14-7-4-12(22(28)29)8-16(14)33-21(19)25-15(20(18)24)9-26-17(27)10-32-23(26)30/h2-3,5-6,10,12,27H,4,7-9H2,1H3,(H,28,29). The molecule has 3 aromatic heterocycles. The molecule has 0 spiro atoms. The van der Waals surface area contributed by atoms with E-state index in [1.54, 1.807) is 7.11 Å². The first-order valence-electron chi connectivity index (χ1n) is 10.2. The van der Waals surface area contributed by atoms with Crippen LogP contribution in [0.5, 0.6) is 11.6 Å². The van der Waals surface area contributed by atoms with Crippen molar-refractivity contribution in [1.29, 1.82) is 0 Å². The number of halogens is 1. The molecule has 0 fully saturated rings. The van der Waals surface area contributed by atoms with E-state index in [0.717, 1.165) is 43.1 Å². The molecule has 33 heavy (non-hydrogen) atoms. The van der Waals surface area contributed by atoms with Crippen LogP contribution in [0.25, 0.3) is 21.3 Å². The minimum atomic E-state index is -0.785. The van der Waals surface area contributed by atoms with Crippen molar-refractivity contribution in [3.63, 3.8) is 0 Å². The molecule has 0 saturated heterocycles. The number of aryl methyl sites for hydroxylation is 1. The number of carboxylic acid groups (broad SMARTS) is 1. The van der Waals surface area contributed by atoms with Gasteiger partial charge in [-0.3, -0.25) is 14.2 Å². The highest BCUT2D eigenvalue weighted by Gasteiger charge is 2.30. The summed E-state index contributed by atoms with van der Waals surface area (Å²) in [7, 11) is 1.60. The Hall–Kier alpha value is -2.88.